The minimum Gasteiger partial charge on any atom is -0.382 e. The number of fused-ring (bicyclic) bond motifs is 2. The first kappa shape index (κ1) is 13.3. The van der Waals surface area contributed by atoms with Crippen molar-refractivity contribution in [1.29, 1.82) is 0 Å². The summed E-state index contributed by atoms with van der Waals surface area (Å²) in [5.41, 5.74) is 0. The average Bonchev–Trinajstić information content (AvgIpc) is 2.94. The average molecular weight is 241 g/mol. The zero-order valence-corrected chi connectivity index (χ0v) is 11.1. The Balaban J connectivity index is 1.39. The molecule has 0 aromatic rings. The molecule has 1 N–H and O–H groups in total. The van der Waals surface area contributed by atoms with Crippen LogP contribution in [-0.2, 0) is 9.47 Å². The van der Waals surface area contributed by atoms with Crippen molar-refractivity contribution in [2.24, 2.45) is 17.8 Å². The van der Waals surface area contributed by atoms with E-state index in [2.05, 4.69) is 5.32 Å². The summed E-state index contributed by atoms with van der Waals surface area (Å²) >= 11 is 0. The van der Waals surface area contributed by atoms with Crippen LogP contribution in [0.2, 0.25) is 0 Å². The summed E-state index contributed by atoms with van der Waals surface area (Å²) in [4.78, 5) is 0. The summed E-state index contributed by atoms with van der Waals surface area (Å²) in [6.45, 7) is 4.62. The fraction of sp³-hybridized carbons (Fsp3) is 1.00. The van der Waals surface area contributed by atoms with Crippen molar-refractivity contribution in [3.05, 3.63) is 0 Å². The molecule has 0 spiro atoms. The number of rotatable bonds is 9. The quantitative estimate of drug-likeness (QED) is 0.627. The van der Waals surface area contributed by atoms with E-state index in [1.165, 1.54) is 32.2 Å². The van der Waals surface area contributed by atoms with Gasteiger partial charge in [-0.15, -0.1) is 0 Å². The molecule has 3 nitrogen and oxygen atoms in total. The highest BCUT2D eigenvalue weighted by Crippen LogP contribution is 2.47. The summed E-state index contributed by atoms with van der Waals surface area (Å²) in [5, 5.41) is 3.59. The van der Waals surface area contributed by atoms with Crippen LogP contribution in [-0.4, -0.2) is 40.0 Å². The molecule has 0 amide bonds. The first-order valence-electron chi connectivity index (χ1n) is 7.17. The highest BCUT2D eigenvalue weighted by atomic mass is 16.5. The van der Waals surface area contributed by atoms with Crippen molar-refractivity contribution >= 4 is 0 Å². The lowest BCUT2D eigenvalue weighted by molar-refractivity contribution is 0.0693. The lowest BCUT2D eigenvalue weighted by Crippen LogP contribution is -2.27. The third-order valence-electron chi connectivity index (χ3n) is 4.37. The van der Waals surface area contributed by atoms with Crippen molar-refractivity contribution in [3.8, 4) is 0 Å². The van der Waals surface area contributed by atoms with Gasteiger partial charge in [0.05, 0.1) is 13.2 Å². The predicted octanol–water partition coefficient (Wildman–Crippen LogP) is 2.07. The van der Waals surface area contributed by atoms with Gasteiger partial charge < -0.3 is 14.8 Å². The fourth-order valence-electron chi connectivity index (χ4n) is 3.46. The van der Waals surface area contributed by atoms with Crippen molar-refractivity contribution in [3.63, 3.8) is 0 Å². The van der Waals surface area contributed by atoms with Gasteiger partial charge in [-0.2, -0.15) is 0 Å². The largest absolute Gasteiger partial charge is 0.382 e. The smallest absolute Gasteiger partial charge is 0.0700 e. The van der Waals surface area contributed by atoms with E-state index < -0.39 is 0 Å². The number of ether oxygens (including phenoxy) is 2. The lowest BCUT2D eigenvalue weighted by Gasteiger charge is -2.21. The Labute approximate surface area is 105 Å². The van der Waals surface area contributed by atoms with Crippen molar-refractivity contribution in [2.45, 2.75) is 32.1 Å². The number of hydrogen-bond acceptors (Lipinski definition) is 3. The van der Waals surface area contributed by atoms with Crippen molar-refractivity contribution in [1.82, 2.24) is 5.32 Å². The van der Waals surface area contributed by atoms with Gasteiger partial charge in [-0.1, -0.05) is 6.42 Å². The molecule has 17 heavy (non-hydrogen) atoms. The molecule has 2 saturated carbocycles. The first-order chi connectivity index (χ1) is 8.40. The van der Waals surface area contributed by atoms with Crippen LogP contribution in [0.5, 0.6) is 0 Å². The van der Waals surface area contributed by atoms with Crippen LogP contribution < -0.4 is 5.32 Å². The molecule has 0 saturated heterocycles. The van der Waals surface area contributed by atoms with Crippen LogP contribution in [0.3, 0.4) is 0 Å². The number of nitrogens with one attached hydrogen (secondary N) is 1. The summed E-state index contributed by atoms with van der Waals surface area (Å²) < 4.78 is 10.4. The van der Waals surface area contributed by atoms with Crippen LogP contribution in [0, 0.1) is 17.8 Å². The van der Waals surface area contributed by atoms with Gasteiger partial charge in [-0.25, -0.2) is 0 Å². The molecule has 2 bridgehead atoms. The Morgan fingerprint density at radius 1 is 1.12 bits per heavy atom. The molecule has 100 valence electrons. The zero-order chi connectivity index (χ0) is 11.9. The van der Waals surface area contributed by atoms with Gasteiger partial charge in [-0.05, 0) is 56.5 Å². The standard InChI is InChI=1S/C14H27NO2/c1-16-7-8-17-6-2-5-15-11-14-10-12-3-4-13(14)9-12/h12-15H,2-11H2,1H3. The van der Waals surface area contributed by atoms with Crippen molar-refractivity contribution in [2.75, 3.05) is 40.0 Å². The van der Waals surface area contributed by atoms with Crippen molar-refractivity contribution < 1.29 is 9.47 Å². The van der Waals surface area contributed by atoms with Gasteiger partial charge >= 0.3 is 0 Å². The first-order valence-corrected chi connectivity index (χ1v) is 7.17. The SMILES string of the molecule is COCCOCCCNCC1CC2CCC1C2. The maximum Gasteiger partial charge on any atom is 0.0700 e. The second kappa shape index (κ2) is 7.34. The number of hydrogen-bond donors (Lipinski definition) is 1. The zero-order valence-electron chi connectivity index (χ0n) is 11.1. The molecular formula is C14H27NO2. The Bertz CT molecular complexity index is 210. The molecule has 0 radical (unpaired) electrons. The molecule has 3 atom stereocenters. The minimum absolute atomic E-state index is 0.707. The van der Waals surface area contributed by atoms with Gasteiger partial charge in [0.1, 0.15) is 0 Å². The van der Waals surface area contributed by atoms with E-state index in [4.69, 9.17) is 9.47 Å². The highest BCUT2D eigenvalue weighted by molar-refractivity contribution is 4.90. The topological polar surface area (TPSA) is 30.5 Å². The molecule has 0 aromatic carbocycles. The Morgan fingerprint density at radius 3 is 2.76 bits per heavy atom. The van der Waals surface area contributed by atoms with Gasteiger partial charge in [0.25, 0.3) is 0 Å². The van der Waals surface area contributed by atoms with E-state index in [9.17, 15) is 0 Å². The molecular weight excluding hydrogens is 214 g/mol. The van der Waals surface area contributed by atoms with Gasteiger partial charge in [0.2, 0.25) is 0 Å². The fourth-order valence-corrected chi connectivity index (χ4v) is 3.46. The highest BCUT2D eigenvalue weighted by Gasteiger charge is 2.38. The van der Waals surface area contributed by atoms with E-state index in [-0.39, 0.29) is 0 Å². The molecule has 3 unspecified atom stereocenters. The monoisotopic (exact) mass is 241 g/mol. The Morgan fingerprint density at radius 2 is 2.06 bits per heavy atom. The molecule has 0 heterocycles. The molecule has 2 aliphatic carbocycles. The third-order valence-corrected chi connectivity index (χ3v) is 4.37. The van der Waals surface area contributed by atoms with E-state index in [0.717, 1.165) is 43.9 Å². The lowest BCUT2D eigenvalue weighted by atomic mass is 9.89. The molecule has 0 aliphatic heterocycles. The van der Waals surface area contributed by atoms with Crippen LogP contribution >= 0.6 is 0 Å². The molecule has 2 aliphatic rings. The Kier molecular flexibility index (Phi) is 5.75. The second-order valence-corrected chi connectivity index (χ2v) is 5.60. The Hall–Kier alpha value is -0.120. The predicted molar refractivity (Wildman–Crippen MR) is 69.1 cm³/mol. The van der Waals surface area contributed by atoms with Gasteiger partial charge in [0.15, 0.2) is 0 Å². The molecule has 2 rings (SSSR count). The summed E-state index contributed by atoms with van der Waals surface area (Å²) in [6.07, 6.45) is 7.13. The summed E-state index contributed by atoms with van der Waals surface area (Å²) in [6, 6.07) is 0. The van der Waals surface area contributed by atoms with Crippen LogP contribution in [0.1, 0.15) is 32.1 Å². The summed E-state index contributed by atoms with van der Waals surface area (Å²) in [5.74, 6) is 3.10. The minimum atomic E-state index is 0.707. The maximum atomic E-state index is 5.43. The van der Waals surface area contributed by atoms with Gasteiger partial charge in [0, 0.05) is 13.7 Å². The summed E-state index contributed by atoms with van der Waals surface area (Å²) in [7, 11) is 1.71. The van der Waals surface area contributed by atoms with Crippen LogP contribution in [0.4, 0.5) is 0 Å². The number of methoxy groups -OCH3 is 1. The maximum absolute atomic E-state index is 5.43. The third kappa shape index (κ3) is 4.23. The van der Waals surface area contributed by atoms with E-state index in [1.54, 1.807) is 7.11 Å². The molecule has 2 fully saturated rings. The van der Waals surface area contributed by atoms with Crippen LogP contribution in [0.15, 0.2) is 0 Å². The normalized spacial score (nSPS) is 31.2. The van der Waals surface area contributed by atoms with Crippen LogP contribution in [0.25, 0.3) is 0 Å². The second-order valence-electron chi connectivity index (χ2n) is 5.60. The van der Waals surface area contributed by atoms with Gasteiger partial charge in [-0.3, -0.25) is 0 Å². The van der Waals surface area contributed by atoms with E-state index in [0.29, 0.717) is 6.61 Å². The van der Waals surface area contributed by atoms with E-state index >= 15 is 0 Å². The molecule has 0 aromatic heterocycles. The van der Waals surface area contributed by atoms with E-state index in [1.807, 2.05) is 0 Å². The molecule has 3 heteroatoms.